The molecule has 6 N–H and O–H groups in total. The molecule has 0 aliphatic carbocycles. The number of fused-ring (bicyclic) bond motifs is 1. The van der Waals surface area contributed by atoms with Gasteiger partial charge in [0.25, 0.3) is 5.56 Å². The van der Waals surface area contributed by atoms with Crippen LogP contribution in [0.4, 0.5) is 5.95 Å². The number of nitrogens with zero attached hydrogens (tertiary/aromatic N) is 3. The molecule has 0 amide bonds. The molecule has 150 valence electrons. The zero-order valence-electron chi connectivity index (χ0n) is 14.1. The molecule has 1 unspecified atom stereocenters. The number of H-pyrrole nitrogens is 1. The molecule has 0 saturated heterocycles. The molecule has 27 heavy (non-hydrogen) atoms. The number of nitrogens with two attached hydrogens (primary N) is 1. The maximum Gasteiger partial charge on any atom is 0.339 e. The van der Waals surface area contributed by atoms with Gasteiger partial charge in [-0.2, -0.15) is 4.98 Å². The number of carboxylic acid groups (broad SMARTS) is 1. The van der Waals surface area contributed by atoms with Crippen molar-refractivity contribution >= 4 is 30.7 Å². The number of hydrogen-bond donors (Lipinski definition) is 5. The maximum absolute atomic E-state index is 11.7. The van der Waals surface area contributed by atoms with E-state index >= 15 is 0 Å². The first-order chi connectivity index (χ1) is 12.7. The van der Waals surface area contributed by atoms with Crippen LogP contribution in [0, 0.1) is 0 Å². The zero-order chi connectivity index (χ0) is 20.0. The minimum Gasteiger partial charge on any atom is -0.481 e. The number of nitrogen functional groups attached to an aromatic ring is 1. The van der Waals surface area contributed by atoms with E-state index < -0.39 is 31.4 Å². The highest BCUT2D eigenvalue weighted by Crippen LogP contribution is 2.41. The van der Waals surface area contributed by atoms with Crippen LogP contribution in [0.1, 0.15) is 6.42 Å². The van der Waals surface area contributed by atoms with E-state index in [-0.39, 0.29) is 49.9 Å². The standard InChI is InChI=1S/C13H20N5O8P/c14-13-16-11-10(12(22)17-13)15-7-18(11)4-8(19)5-25-2-1-3-26-27(23,24)6-9(20)21/h7-8,19H,1-6H2,(H,20,21)(H,23,24)(H3,14,16,17,22)/t8-/m0/s1. The van der Waals surface area contributed by atoms with Crippen LogP contribution in [0.25, 0.3) is 11.2 Å². The first-order valence-corrected chi connectivity index (χ1v) is 9.59. The Morgan fingerprint density at radius 2 is 2.19 bits per heavy atom. The van der Waals surface area contributed by atoms with E-state index in [0.717, 1.165) is 0 Å². The maximum atomic E-state index is 11.7. The highest BCUT2D eigenvalue weighted by Gasteiger charge is 2.23. The molecule has 0 bridgehead atoms. The van der Waals surface area contributed by atoms with Crippen molar-refractivity contribution in [1.29, 1.82) is 0 Å². The fourth-order valence-corrected chi connectivity index (χ4v) is 3.04. The average molecular weight is 405 g/mol. The first kappa shape index (κ1) is 21.0. The predicted molar refractivity (Wildman–Crippen MR) is 92.3 cm³/mol. The highest BCUT2D eigenvalue weighted by molar-refractivity contribution is 7.53. The minimum atomic E-state index is -4.15. The number of aliphatic carboxylic acids is 1. The van der Waals surface area contributed by atoms with Crippen LogP contribution >= 0.6 is 7.60 Å². The molecule has 2 aromatic heterocycles. The molecule has 2 heterocycles. The molecule has 0 aliphatic rings. The molecular formula is C13H20N5O8P. The number of carbonyl (C=O) groups is 1. The molecule has 0 saturated carbocycles. The van der Waals surface area contributed by atoms with Crippen LogP contribution in [-0.2, 0) is 25.2 Å². The Kier molecular flexibility index (Phi) is 7.05. The van der Waals surface area contributed by atoms with E-state index in [1.165, 1.54) is 10.9 Å². The Balaban J connectivity index is 1.73. The number of aromatic amines is 1. The summed E-state index contributed by atoms with van der Waals surface area (Å²) in [5, 5.41) is 18.5. The topological polar surface area (TPSA) is 203 Å². The van der Waals surface area contributed by atoms with Crippen molar-refractivity contribution in [2.75, 3.05) is 31.7 Å². The van der Waals surface area contributed by atoms with E-state index in [9.17, 15) is 24.2 Å². The van der Waals surface area contributed by atoms with Crippen molar-refractivity contribution in [3.8, 4) is 0 Å². The second-order valence-electron chi connectivity index (χ2n) is 5.63. The molecule has 2 aromatic rings. The van der Waals surface area contributed by atoms with Crippen molar-refractivity contribution in [3.63, 3.8) is 0 Å². The van der Waals surface area contributed by atoms with Crippen LogP contribution in [0.15, 0.2) is 11.1 Å². The Bertz CT molecular complexity index is 896. The monoisotopic (exact) mass is 405 g/mol. The minimum absolute atomic E-state index is 0.0513. The SMILES string of the molecule is Nc1nc2c(ncn2C[C@H](O)COCCCOP(=O)(O)CC(=O)O)c(=O)[nH]1. The summed E-state index contributed by atoms with van der Waals surface area (Å²) in [6, 6.07) is 0. The van der Waals surface area contributed by atoms with Crippen LogP contribution < -0.4 is 11.3 Å². The number of carboxylic acids is 1. The van der Waals surface area contributed by atoms with Crippen molar-refractivity contribution in [2.45, 2.75) is 19.1 Å². The van der Waals surface area contributed by atoms with Gasteiger partial charge in [-0.25, -0.2) is 4.98 Å². The molecule has 13 nitrogen and oxygen atoms in total. The van der Waals surface area contributed by atoms with Crippen LogP contribution in [0.3, 0.4) is 0 Å². The van der Waals surface area contributed by atoms with Crippen molar-refractivity contribution in [3.05, 3.63) is 16.7 Å². The largest absolute Gasteiger partial charge is 0.481 e. The summed E-state index contributed by atoms with van der Waals surface area (Å²) < 4.78 is 22.6. The van der Waals surface area contributed by atoms with Gasteiger partial charge in [0.15, 0.2) is 11.2 Å². The molecule has 0 radical (unpaired) electrons. The number of nitrogens with one attached hydrogen (secondary N) is 1. The Morgan fingerprint density at radius 3 is 2.89 bits per heavy atom. The number of aliphatic hydroxyl groups is 1. The summed E-state index contributed by atoms with van der Waals surface area (Å²) in [7, 11) is -4.15. The van der Waals surface area contributed by atoms with E-state index in [2.05, 4.69) is 19.5 Å². The summed E-state index contributed by atoms with van der Waals surface area (Å²) >= 11 is 0. The summed E-state index contributed by atoms with van der Waals surface area (Å²) in [5.41, 5.74) is 5.35. The van der Waals surface area contributed by atoms with Crippen LogP contribution in [-0.4, -0.2) is 72.7 Å². The number of ether oxygens (including phenoxy) is 1. The normalized spacial score (nSPS) is 14.9. The first-order valence-electron chi connectivity index (χ1n) is 7.82. The number of aromatic nitrogens is 4. The smallest absolute Gasteiger partial charge is 0.339 e. The third kappa shape index (κ3) is 6.41. The van der Waals surface area contributed by atoms with Gasteiger partial charge in [0.05, 0.1) is 32.2 Å². The van der Waals surface area contributed by atoms with E-state index in [1.807, 2.05) is 0 Å². The van der Waals surface area contributed by atoms with Crippen molar-refractivity contribution in [2.24, 2.45) is 0 Å². The van der Waals surface area contributed by atoms with Gasteiger partial charge in [0.2, 0.25) is 5.95 Å². The van der Waals surface area contributed by atoms with Gasteiger partial charge in [0.1, 0.15) is 6.16 Å². The molecule has 0 spiro atoms. The predicted octanol–water partition coefficient (Wildman–Crippen LogP) is -1.24. The number of imidazole rings is 1. The number of aliphatic hydroxyl groups excluding tert-OH is 1. The van der Waals surface area contributed by atoms with Gasteiger partial charge < -0.3 is 34.7 Å². The Labute approximate surface area is 152 Å². The number of rotatable bonds is 11. The lowest BCUT2D eigenvalue weighted by atomic mass is 10.3. The molecule has 0 aromatic carbocycles. The molecular weight excluding hydrogens is 385 g/mol. The van der Waals surface area contributed by atoms with Gasteiger partial charge in [-0.1, -0.05) is 0 Å². The van der Waals surface area contributed by atoms with E-state index in [4.69, 9.17) is 15.6 Å². The van der Waals surface area contributed by atoms with Gasteiger partial charge in [0, 0.05) is 6.61 Å². The van der Waals surface area contributed by atoms with Gasteiger partial charge >= 0.3 is 13.6 Å². The van der Waals surface area contributed by atoms with Gasteiger partial charge in [-0.05, 0) is 6.42 Å². The number of hydrogen-bond acceptors (Lipinski definition) is 9. The fourth-order valence-electron chi connectivity index (χ4n) is 2.19. The van der Waals surface area contributed by atoms with E-state index in [1.54, 1.807) is 0 Å². The average Bonchev–Trinajstić information content (AvgIpc) is 2.92. The summed E-state index contributed by atoms with van der Waals surface area (Å²) in [6.07, 6.45) is -0.308. The Hall–Kier alpha value is -2.31. The summed E-state index contributed by atoms with van der Waals surface area (Å²) in [4.78, 5) is 41.5. The number of anilines is 1. The lowest BCUT2D eigenvalue weighted by Crippen LogP contribution is -2.22. The molecule has 0 aliphatic heterocycles. The second kappa shape index (κ2) is 9.06. The van der Waals surface area contributed by atoms with Gasteiger partial charge in [-0.15, -0.1) is 0 Å². The van der Waals surface area contributed by atoms with Crippen molar-refractivity contribution < 1.29 is 33.7 Å². The fraction of sp³-hybridized carbons (Fsp3) is 0.538. The Morgan fingerprint density at radius 1 is 1.44 bits per heavy atom. The zero-order valence-corrected chi connectivity index (χ0v) is 15.0. The lowest BCUT2D eigenvalue weighted by Gasteiger charge is -2.13. The third-order valence-corrected chi connectivity index (χ3v) is 4.53. The second-order valence-corrected chi connectivity index (χ2v) is 7.47. The van der Waals surface area contributed by atoms with Crippen LogP contribution in [0.5, 0.6) is 0 Å². The van der Waals surface area contributed by atoms with Crippen molar-refractivity contribution in [1.82, 2.24) is 19.5 Å². The summed E-state index contributed by atoms with van der Waals surface area (Å²) in [5.74, 6) is -1.49. The molecule has 2 atom stereocenters. The third-order valence-electron chi connectivity index (χ3n) is 3.27. The van der Waals surface area contributed by atoms with E-state index in [0.29, 0.717) is 0 Å². The quantitative estimate of drug-likeness (QED) is 0.221. The lowest BCUT2D eigenvalue weighted by molar-refractivity contribution is -0.134. The molecule has 14 heteroatoms. The highest BCUT2D eigenvalue weighted by atomic mass is 31.2. The van der Waals surface area contributed by atoms with Gasteiger partial charge in [-0.3, -0.25) is 19.1 Å². The molecule has 2 rings (SSSR count). The summed E-state index contributed by atoms with van der Waals surface area (Å²) in [6.45, 7) is -0.0213. The molecule has 0 fully saturated rings. The van der Waals surface area contributed by atoms with Crippen LogP contribution in [0.2, 0.25) is 0 Å².